The van der Waals surface area contributed by atoms with E-state index in [9.17, 15) is 14.7 Å². The number of rotatable bonds is 4. The van der Waals surface area contributed by atoms with Crippen LogP contribution in [0.15, 0.2) is 21.9 Å². The van der Waals surface area contributed by atoms with Gasteiger partial charge in [-0.1, -0.05) is 6.92 Å². The maximum Gasteiger partial charge on any atom is 0.276 e. The maximum atomic E-state index is 12.7. The molecule has 7 heteroatoms. The summed E-state index contributed by atoms with van der Waals surface area (Å²) in [5.74, 6) is 0.0812. The molecule has 0 atom stereocenters. The molecule has 26 heavy (non-hydrogen) atoms. The molecule has 2 aliphatic carbocycles. The lowest BCUT2D eigenvalue weighted by Gasteiger charge is -2.33. The second kappa shape index (κ2) is 6.09. The van der Waals surface area contributed by atoms with E-state index in [-0.39, 0.29) is 12.1 Å². The van der Waals surface area contributed by atoms with Crippen molar-refractivity contribution >= 4 is 22.5 Å². The molecule has 1 amide bonds. The van der Waals surface area contributed by atoms with Crippen LogP contribution in [0.4, 0.5) is 0 Å². The molecule has 2 heterocycles. The van der Waals surface area contributed by atoms with Crippen LogP contribution in [0.3, 0.4) is 0 Å². The summed E-state index contributed by atoms with van der Waals surface area (Å²) in [6, 6.07) is 3.71. The van der Waals surface area contributed by atoms with E-state index in [0.717, 1.165) is 18.5 Å². The van der Waals surface area contributed by atoms with Crippen molar-refractivity contribution in [2.75, 3.05) is 0 Å². The topological polar surface area (TPSA) is 97.4 Å². The highest BCUT2D eigenvalue weighted by Crippen LogP contribution is 2.39. The standard InChI is InChI=1S/C19H22N4O3/c1-3-14-17-13(6-7-15(21-17)11-4-5-11)18(25)23(22-14)10-16(24)20-12-8-19(2,26)9-12/h6-7,11,26H,3-5,8-10H2,1-2H3. The van der Waals surface area contributed by atoms with E-state index in [1.54, 1.807) is 13.0 Å². The number of nitrogens with zero attached hydrogens (tertiary/aromatic N) is 4. The zero-order chi connectivity index (χ0) is 18.5. The Kier molecular flexibility index (Phi) is 3.99. The molecule has 2 fully saturated rings. The fraction of sp³-hybridized carbons (Fsp3) is 0.526. The molecule has 0 saturated heterocycles. The van der Waals surface area contributed by atoms with E-state index in [1.165, 1.54) is 4.68 Å². The number of amides is 1. The Balaban J connectivity index is 1.65. The number of aliphatic imine (C=N–C) groups is 1. The van der Waals surface area contributed by atoms with Gasteiger partial charge in [-0.2, -0.15) is 5.10 Å². The van der Waals surface area contributed by atoms with Gasteiger partial charge in [0.05, 0.1) is 22.2 Å². The van der Waals surface area contributed by atoms with Crippen LogP contribution >= 0.6 is 0 Å². The summed E-state index contributed by atoms with van der Waals surface area (Å²) >= 11 is 0. The smallest absolute Gasteiger partial charge is 0.276 e. The van der Waals surface area contributed by atoms with Crippen molar-refractivity contribution in [1.82, 2.24) is 14.8 Å². The molecule has 0 unspecified atom stereocenters. The number of aryl methyl sites for hydroxylation is 1. The minimum atomic E-state index is -0.766. The predicted molar refractivity (Wildman–Crippen MR) is 97.5 cm³/mol. The summed E-state index contributed by atoms with van der Waals surface area (Å²) in [7, 11) is 0. The predicted octanol–water partition coefficient (Wildman–Crippen LogP) is 1.74. The number of hydrogen-bond donors (Lipinski definition) is 1. The maximum absolute atomic E-state index is 12.7. The minimum absolute atomic E-state index is 0.197. The van der Waals surface area contributed by atoms with Crippen LogP contribution in [0.5, 0.6) is 0 Å². The van der Waals surface area contributed by atoms with Crippen LogP contribution in [0, 0.1) is 0 Å². The molecule has 4 rings (SSSR count). The molecule has 1 N–H and O–H groups in total. The Morgan fingerprint density at radius 3 is 2.73 bits per heavy atom. The molecule has 7 nitrogen and oxygen atoms in total. The highest BCUT2D eigenvalue weighted by atomic mass is 16.3. The summed E-state index contributed by atoms with van der Waals surface area (Å²) in [6.45, 7) is 3.47. The van der Waals surface area contributed by atoms with Crippen LogP contribution < -0.4 is 5.56 Å². The Morgan fingerprint density at radius 1 is 1.38 bits per heavy atom. The average Bonchev–Trinajstić information content (AvgIpc) is 3.40. The summed E-state index contributed by atoms with van der Waals surface area (Å²) in [5, 5.41) is 14.6. The third-order valence-corrected chi connectivity index (χ3v) is 4.96. The van der Waals surface area contributed by atoms with Crippen LogP contribution in [0.2, 0.25) is 0 Å². The number of aromatic nitrogens is 3. The molecule has 0 bridgehead atoms. The van der Waals surface area contributed by atoms with Gasteiger partial charge in [-0.25, -0.2) is 9.67 Å². The SMILES string of the molecule is CCc1nn(CC(=O)N=C2CC(C)(O)C2)c(=O)c2ccc(C3CC3)nc12. The number of hydrogen-bond acceptors (Lipinski definition) is 5. The second-order valence-corrected chi connectivity index (χ2v) is 7.59. The van der Waals surface area contributed by atoms with Crippen molar-refractivity contribution in [2.24, 2.45) is 4.99 Å². The van der Waals surface area contributed by atoms with E-state index in [4.69, 9.17) is 0 Å². The van der Waals surface area contributed by atoms with Crippen molar-refractivity contribution < 1.29 is 9.90 Å². The Labute approximate surface area is 150 Å². The molecule has 0 aromatic carbocycles. The quantitative estimate of drug-likeness (QED) is 0.902. The average molecular weight is 354 g/mol. The van der Waals surface area contributed by atoms with Crippen molar-refractivity contribution in [3.8, 4) is 0 Å². The van der Waals surface area contributed by atoms with Crippen molar-refractivity contribution in [2.45, 2.75) is 64.0 Å². The van der Waals surface area contributed by atoms with Crippen LogP contribution in [0.25, 0.3) is 10.9 Å². The highest BCUT2D eigenvalue weighted by molar-refractivity contribution is 6.00. The molecule has 2 saturated carbocycles. The fourth-order valence-corrected chi connectivity index (χ4v) is 3.44. The van der Waals surface area contributed by atoms with Crippen LogP contribution in [0.1, 0.15) is 56.8 Å². The largest absolute Gasteiger partial charge is 0.389 e. The van der Waals surface area contributed by atoms with Gasteiger partial charge >= 0.3 is 0 Å². The van der Waals surface area contributed by atoms with Crippen LogP contribution in [-0.2, 0) is 17.8 Å². The first-order chi connectivity index (χ1) is 12.4. The molecule has 0 radical (unpaired) electrons. The number of carbonyl (C=O) groups excluding carboxylic acids is 1. The van der Waals surface area contributed by atoms with Gasteiger partial charge in [0, 0.05) is 30.2 Å². The summed E-state index contributed by atoms with van der Waals surface area (Å²) in [4.78, 5) is 33.6. The summed E-state index contributed by atoms with van der Waals surface area (Å²) < 4.78 is 1.18. The van der Waals surface area contributed by atoms with E-state index < -0.39 is 11.5 Å². The highest BCUT2D eigenvalue weighted by Gasteiger charge is 2.35. The normalized spacial score (nSPS) is 22.3. The third-order valence-electron chi connectivity index (χ3n) is 4.96. The lowest BCUT2D eigenvalue weighted by Crippen LogP contribution is -2.41. The van der Waals surface area contributed by atoms with Gasteiger partial charge in [-0.3, -0.25) is 14.6 Å². The van der Waals surface area contributed by atoms with E-state index in [1.807, 2.05) is 13.0 Å². The van der Waals surface area contributed by atoms with E-state index >= 15 is 0 Å². The van der Waals surface area contributed by atoms with E-state index in [2.05, 4.69) is 15.1 Å². The Morgan fingerprint density at radius 2 is 2.12 bits per heavy atom. The number of aliphatic hydroxyl groups is 1. The first-order valence-corrected chi connectivity index (χ1v) is 9.08. The molecule has 0 spiro atoms. The van der Waals surface area contributed by atoms with Gasteiger partial charge in [0.25, 0.3) is 11.5 Å². The lowest BCUT2D eigenvalue weighted by molar-refractivity contribution is -0.118. The van der Waals surface area contributed by atoms with Gasteiger partial charge < -0.3 is 5.11 Å². The van der Waals surface area contributed by atoms with Crippen molar-refractivity contribution in [3.63, 3.8) is 0 Å². The molecular formula is C19H22N4O3. The second-order valence-electron chi connectivity index (χ2n) is 7.59. The first kappa shape index (κ1) is 17.0. The van der Waals surface area contributed by atoms with E-state index in [0.29, 0.717) is 47.5 Å². The summed E-state index contributed by atoms with van der Waals surface area (Å²) in [5.41, 5.74) is 1.96. The minimum Gasteiger partial charge on any atom is -0.389 e. The molecule has 2 aliphatic rings. The monoisotopic (exact) mass is 354 g/mol. The molecule has 0 aliphatic heterocycles. The lowest BCUT2D eigenvalue weighted by atomic mass is 9.80. The third kappa shape index (κ3) is 3.19. The molecular weight excluding hydrogens is 332 g/mol. The van der Waals surface area contributed by atoms with Gasteiger partial charge in [0.15, 0.2) is 0 Å². The zero-order valence-corrected chi connectivity index (χ0v) is 15.0. The van der Waals surface area contributed by atoms with Crippen molar-refractivity contribution in [1.29, 1.82) is 0 Å². The number of fused-ring (bicyclic) bond motifs is 1. The van der Waals surface area contributed by atoms with Gasteiger partial charge in [-0.15, -0.1) is 0 Å². The first-order valence-electron chi connectivity index (χ1n) is 9.08. The fourth-order valence-electron chi connectivity index (χ4n) is 3.44. The Bertz CT molecular complexity index is 976. The number of carbonyl (C=O) groups is 1. The van der Waals surface area contributed by atoms with Crippen LogP contribution in [-0.4, -0.2) is 37.1 Å². The van der Waals surface area contributed by atoms with Gasteiger partial charge in [-0.05, 0) is 38.3 Å². The molecule has 2 aromatic heterocycles. The van der Waals surface area contributed by atoms with Crippen molar-refractivity contribution in [3.05, 3.63) is 33.9 Å². The molecule has 2 aromatic rings. The van der Waals surface area contributed by atoms with Gasteiger partial charge in [0.1, 0.15) is 6.54 Å². The van der Waals surface area contributed by atoms with Gasteiger partial charge in [0.2, 0.25) is 0 Å². The summed E-state index contributed by atoms with van der Waals surface area (Å²) in [6.07, 6.45) is 3.71. The number of pyridine rings is 1. The Hall–Kier alpha value is -2.41. The zero-order valence-electron chi connectivity index (χ0n) is 15.0. The molecule has 136 valence electrons.